The van der Waals surface area contributed by atoms with Crippen LogP contribution in [-0.2, 0) is 24.4 Å². The summed E-state index contributed by atoms with van der Waals surface area (Å²) >= 11 is 3.47. The van der Waals surface area contributed by atoms with E-state index in [1.807, 2.05) is 12.1 Å². The first-order valence-corrected chi connectivity index (χ1v) is 7.62. The first kappa shape index (κ1) is 14.3. The minimum atomic E-state index is -0.269. The Balaban J connectivity index is 1.85. The molecule has 1 heterocycles. The van der Waals surface area contributed by atoms with Gasteiger partial charge in [0.25, 0.3) is 0 Å². The molecule has 3 nitrogen and oxygen atoms in total. The third-order valence-electron chi connectivity index (χ3n) is 3.74. The molecule has 0 bridgehead atoms. The topological polar surface area (TPSA) is 29.5 Å². The molecule has 0 N–H and O–H groups in total. The van der Waals surface area contributed by atoms with E-state index in [2.05, 4.69) is 51.2 Å². The molecule has 0 spiro atoms. The average molecular weight is 346 g/mol. The normalized spacial score (nSPS) is 14.0. The fourth-order valence-corrected chi connectivity index (χ4v) is 3.29. The number of nitrogens with zero attached hydrogens (tertiary/aromatic N) is 1. The van der Waals surface area contributed by atoms with Crippen molar-refractivity contribution in [3.8, 4) is 0 Å². The summed E-state index contributed by atoms with van der Waals surface area (Å²) in [6.45, 7) is 2.52. The van der Waals surface area contributed by atoms with E-state index in [4.69, 9.17) is 4.74 Å². The predicted octanol–water partition coefficient (Wildman–Crippen LogP) is 3.75. The number of esters is 1. The average Bonchev–Trinajstić information content (AvgIpc) is 2.88. The maximum absolute atomic E-state index is 11.9. The number of ether oxygens (including phenoxy) is 1. The van der Waals surface area contributed by atoms with Crippen molar-refractivity contribution in [3.63, 3.8) is 0 Å². The lowest BCUT2D eigenvalue weighted by Gasteiger charge is -2.14. The zero-order valence-corrected chi connectivity index (χ0v) is 13.4. The van der Waals surface area contributed by atoms with Crippen LogP contribution in [0.4, 0.5) is 0 Å². The summed E-state index contributed by atoms with van der Waals surface area (Å²) in [5.41, 5.74) is 4.23. The molecule has 2 aromatic carbocycles. The lowest BCUT2D eigenvalue weighted by Crippen LogP contribution is -2.16. The monoisotopic (exact) mass is 345 g/mol. The summed E-state index contributed by atoms with van der Waals surface area (Å²) in [6, 6.07) is 14.3. The van der Waals surface area contributed by atoms with E-state index in [1.165, 1.54) is 18.2 Å². The highest BCUT2D eigenvalue weighted by Crippen LogP contribution is 2.31. The molecule has 4 heteroatoms. The van der Waals surface area contributed by atoms with Crippen LogP contribution < -0.4 is 0 Å². The zero-order valence-electron chi connectivity index (χ0n) is 11.8. The first-order valence-electron chi connectivity index (χ1n) is 6.83. The van der Waals surface area contributed by atoms with Crippen molar-refractivity contribution in [3.05, 3.63) is 69.2 Å². The molecule has 1 aliphatic heterocycles. The Morgan fingerprint density at radius 1 is 1.24 bits per heavy atom. The molecule has 0 unspecified atom stereocenters. The van der Waals surface area contributed by atoms with Gasteiger partial charge >= 0.3 is 5.97 Å². The van der Waals surface area contributed by atoms with Gasteiger partial charge in [-0.1, -0.05) is 46.3 Å². The highest BCUT2D eigenvalue weighted by Gasteiger charge is 2.25. The van der Waals surface area contributed by atoms with Gasteiger partial charge in [0, 0.05) is 24.1 Å². The molecule has 0 amide bonds. The Labute approximate surface area is 132 Å². The molecule has 0 saturated heterocycles. The molecule has 0 aromatic heterocycles. The maximum Gasteiger partial charge on any atom is 0.338 e. The predicted molar refractivity (Wildman–Crippen MR) is 84.9 cm³/mol. The number of halogens is 1. The summed E-state index contributed by atoms with van der Waals surface area (Å²) in [6.07, 6.45) is 0. The number of fused-ring (bicyclic) bond motifs is 1. The lowest BCUT2D eigenvalue weighted by atomic mass is 10.0. The van der Waals surface area contributed by atoms with Gasteiger partial charge < -0.3 is 4.74 Å². The minimum absolute atomic E-state index is 0.269. The van der Waals surface area contributed by atoms with Gasteiger partial charge in [0.05, 0.1) is 12.7 Å². The molecular weight excluding hydrogens is 330 g/mol. The van der Waals surface area contributed by atoms with Crippen molar-refractivity contribution >= 4 is 21.9 Å². The molecule has 0 fully saturated rings. The van der Waals surface area contributed by atoms with Crippen molar-refractivity contribution < 1.29 is 9.53 Å². The number of carbonyl (C=O) groups is 1. The minimum Gasteiger partial charge on any atom is -0.465 e. The molecule has 108 valence electrons. The third-order valence-corrected chi connectivity index (χ3v) is 4.19. The van der Waals surface area contributed by atoms with Crippen molar-refractivity contribution in [1.29, 1.82) is 0 Å². The van der Waals surface area contributed by atoms with Crippen LogP contribution >= 0.6 is 15.9 Å². The van der Waals surface area contributed by atoms with Gasteiger partial charge in [-0.2, -0.15) is 0 Å². The van der Waals surface area contributed by atoms with Gasteiger partial charge in [-0.05, 0) is 28.8 Å². The van der Waals surface area contributed by atoms with Crippen molar-refractivity contribution in [2.75, 3.05) is 7.11 Å². The van der Waals surface area contributed by atoms with Gasteiger partial charge in [0.2, 0.25) is 0 Å². The fourth-order valence-electron chi connectivity index (χ4n) is 2.79. The molecule has 1 aliphatic rings. The smallest absolute Gasteiger partial charge is 0.338 e. The molecule has 3 rings (SSSR count). The number of methoxy groups -OCH3 is 1. The lowest BCUT2D eigenvalue weighted by molar-refractivity contribution is 0.0599. The second-order valence-corrected chi connectivity index (χ2v) is 6.13. The number of hydrogen-bond donors (Lipinski definition) is 0. The molecular formula is C17H16BrNO2. The van der Waals surface area contributed by atoms with Crippen LogP contribution in [0.15, 0.2) is 46.9 Å². The largest absolute Gasteiger partial charge is 0.465 e. The second kappa shape index (κ2) is 6.00. The van der Waals surface area contributed by atoms with E-state index in [0.717, 1.165) is 29.7 Å². The van der Waals surface area contributed by atoms with Gasteiger partial charge in [-0.15, -0.1) is 0 Å². The standard InChI is InChI=1S/C17H16BrNO2/c1-21-17(20)15-8-14(18)7-13-10-19(11-16(13)15)9-12-5-3-2-4-6-12/h2-8H,9-11H2,1H3. The Morgan fingerprint density at radius 2 is 2.00 bits per heavy atom. The Kier molecular flexibility index (Phi) is 4.08. The number of rotatable bonds is 3. The summed E-state index contributed by atoms with van der Waals surface area (Å²) in [4.78, 5) is 14.3. The Morgan fingerprint density at radius 3 is 2.71 bits per heavy atom. The Hall–Kier alpha value is -1.65. The number of carbonyl (C=O) groups excluding carboxylic acids is 1. The van der Waals surface area contributed by atoms with E-state index < -0.39 is 0 Å². The van der Waals surface area contributed by atoms with Gasteiger partial charge in [-0.3, -0.25) is 4.90 Å². The van der Waals surface area contributed by atoms with Crippen molar-refractivity contribution in [1.82, 2.24) is 4.90 Å². The van der Waals surface area contributed by atoms with Gasteiger partial charge in [0.1, 0.15) is 0 Å². The van der Waals surface area contributed by atoms with Crippen molar-refractivity contribution in [2.24, 2.45) is 0 Å². The van der Waals surface area contributed by atoms with Crippen LogP contribution in [0, 0.1) is 0 Å². The zero-order chi connectivity index (χ0) is 14.8. The quantitative estimate of drug-likeness (QED) is 0.793. The highest BCUT2D eigenvalue weighted by molar-refractivity contribution is 9.10. The van der Waals surface area contributed by atoms with E-state index in [-0.39, 0.29) is 5.97 Å². The van der Waals surface area contributed by atoms with Crippen molar-refractivity contribution in [2.45, 2.75) is 19.6 Å². The summed E-state index contributed by atoms with van der Waals surface area (Å²) in [5, 5.41) is 0. The van der Waals surface area contributed by atoms with E-state index >= 15 is 0 Å². The molecule has 0 aliphatic carbocycles. The van der Waals surface area contributed by atoms with E-state index in [1.54, 1.807) is 0 Å². The van der Waals surface area contributed by atoms with Gasteiger partial charge in [-0.25, -0.2) is 4.79 Å². The highest BCUT2D eigenvalue weighted by atomic mass is 79.9. The SMILES string of the molecule is COC(=O)c1cc(Br)cc2c1CN(Cc1ccccc1)C2. The maximum atomic E-state index is 11.9. The summed E-state index contributed by atoms with van der Waals surface area (Å²) in [7, 11) is 1.42. The van der Waals surface area contributed by atoms with Crippen LogP contribution in [0.5, 0.6) is 0 Å². The number of hydrogen-bond acceptors (Lipinski definition) is 3. The van der Waals surface area contributed by atoms with Crippen LogP contribution in [-0.4, -0.2) is 18.0 Å². The third kappa shape index (κ3) is 3.01. The fraction of sp³-hybridized carbons (Fsp3) is 0.235. The summed E-state index contributed by atoms with van der Waals surface area (Å²) < 4.78 is 5.81. The summed E-state index contributed by atoms with van der Waals surface area (Å²) in [5.74, 6) is -0.269. The molecule has 2 aromatic rings. The van der Waals surface area contributed by atoms with Crippen LogP contribution in [0.25, 0.3) is 0 Å². The second-order valence-electron chi connectivity index (χ2n) is 5.21. The molecule has 0 atom stereocenters. The molecule has 0 saturated carbocycles. The molecule has 0 radical (unpaired) electrons. The number of benzene rings is 2. The van der Waals surface area contributed by atoms with E-state index in [0.29, 0.717) is 5.56 Å². The molecule has 21 heavy (non-hydrogen) atoms. The Bertz CT molecular complexity index is 670. The van der Waals surface area contributed by atoms with Gasteiger partial charge in [0.15, 0.2) is 0 Å². The first-order chi connectivity index (χ1) is 10.2. The van der Waals surface area contributed by atoms with Crippen LogP contribution in [0.1, 0.15) is 27.0 Å². The van der Waals surface area contributed by atoms with Crippen LogP contribution in [0.3, 0.4) is 0 Å². The van der Waals surface area contributed by atoms with Crippen LogP contribution in [0.2, 0.25) is 0 Å². The van der Waals surface area contributed by atoms with E-state index in [9.17, 15) is 4.79 Å².